The van der Waals surface area contributed by atoms with Gasteiger partial charge in [0.2, 0.25) is 0 Å². The molecule has 1 amide bonds. The summed E-state index contributed by atoms with van der Waals surface area (Å²) in [7, 11) is -4.24. The van der Waals surface area contributed by atoms with Crippen LogP contribution in [0.4, 0.5) is 10.6 Å². The summed E-state index contributed by atoms with van der Waals surface area (Å²) in [4.78, 5) is 21.6. The molecular formula is C8H12N4O6S. The maximum atomic E-state index is 11.4. The minimum absolute atomic E-state index is 0.276. The molecule has 1 heterocycles. The van der Waals surface area contributed by atoms with Crippen molar-refractivity contribution in [3.63, 3.8) is 0 Å². The van der Waals surface area contributed by atoms with Crippen LogP contribution >= 0.6 is 0 Å². The van der Waals surface area contributed by atoms with E-state index in [-0.39, 0.29) is 11.5 Å². The van der Waals surface area contributed by atoms with Crippen LogP contribution in [0.2, 0.25) is 0 Å². The zero-order valence-corrected chi connectivity index (χ0v) is 10.8. The molecule has 0 bridgehead atoms. The first-order valence-electron chi connectivity index (χ1n) is 4.99. The molecule has 0 aromatic carbocycles. The highest BCUT2D eigenvalue weighted by Crippen LogP contribution is 2.06. The Hall–Kier alpha value is -2.30. The highest BCUT2D eigenvalue weighted by Gasteiger charge is 2.18. The van der Waals surface area contributed by atoms with Crippen molar-refractivity contribution in [2.24, 2.45) is 0 Å². The zero-order valence-electron chi connectivity index (χ0n) is 10.00. The second kappa shape index (κ2) is 5.56. The summed E-state index contributed by atoms with van der Waals surface area (Å²) in [6.07, 6.45) is -1.64. The minimum atomic E-state index is -4.24. The fourth-order valence-electron chi connectivity index (χ4n) is 0.995. The smallest absolute Gasteiger partial charge is 0.422 e. The molecule has 10 nitrogen and oxygen atoms in total. The van der Waals surface area contributed by atoms with Crippen molar-refractivity contribution >= 4 is 28.1 Å². The number of carbonyl (C=O) groups excluding carboxylic acids is 1. The highest BCUT2D eigenvalue weighted by molar-refractivity contribution is 7.91. The first kappa shape index (κ1) is 14.8. The third-order valence-electron chi connectivity index (χ3n) is 1.61. The molecule has 0 saturated heterocycles. The summed E-state index contributed by atoms with van der Waals surface area (Å²) in [5.74, 6) is -1.58. The fraction of sp³-hybridized carbons (Fsp3) is 0.375. The van der Waals surface area contributed by atoms with Crippen LogP contribution in [-0.2, 0) is 14.9 Å². The SMILES string of the molecule is CC(C)OC(=O)NS(=O)(=O)Nc1cc(C(=O)O)[nH]n1. The Morgan fingerprint density at radius 3 is 2.58 bits per heavy atom. The number of anilines is 1. The normalized spacial score (nSPS) is 11.1. The van der Waals surface area contributed by atoms with Gasteiger partial charge < -0.3 is 9.84 Å². The van der Waals surface area contributed by atoms with Gasteiger partial charge in [-0.2, -0.15) is 13.5 Å². The lowest BCUT2D eigenvalue weighted by molar-refractivity contribution is 0.0690. The lowest BCUT2D eigenvalue weighted by Gasteiger charge is -2.09. The monoisotopic (exact) mass is 292 g/mol. The summed E-state index contributed by atoms with van der Waals surface area (Å²) < 4.78 is 30.9. The number of rotatable bonds is 5. The largest absolute Gasteiger partial charge is 0.477 e. The fourth-order valence-corrected chi connectivity index (χ4v) is 1.69. The predicted octanol–water partition coefficient (Wildman–Crippen LogP) is -0.101. The number of ether oxygens (including phenoxy) is 1. The Balaban J connectivity index is 2.68. The molecule has 19 heavy (non-hydrogen) atoms. The van der Waals surface area contributed by atoms with Gasteiger partial charge in [-0.05, 0) is 13.8 Å². The molecule has 0 saturated carbocycles. The number of amides is 1. The Bertz CT molecular complexity index is 578. The summed E-state index contributed by atoms with van der Waals surface area (Å²) in [6.45, 7) is 3.10. The van der Waals surface area contributed by atoms with E-state index in [0.29, 0.717) is 0 Å². The molecule has 0 radical (unpaired) electrons. The molecule has 4 N–H and O–H groups in total. The van der Waals surface area contributed by atoms with E-state index in [1.807, 2.05) is 4.72 Å². The number of aromatic carboxylic acids is 1. The Morgan fingerprint density at radius 2 is 2.11 bits per heavy atom. The van der Waals surface area contributed by atoms with Crippen LogP contribution < -0.4 is 9.44 Å². The Kier molecular flexibility index (Phi) is 4.32. The molecule has 0 aliphatic heterocycles. The number of H-pyrrole nitrogens is 1. The first-order valence-corrected chi connectivity index (χ1v) is 6.48. The van der Waals surface area contributed by atoms with E-state index in [9.17, 15) is 18.0 Å². The maximum Gasteiger partial charge on any atom is 0.422 e. The van der Waals surface area contributed by atoms with Crippen LogP contribution in [0.25, 0.3) is 0 Å². The van der Waals surface area contributed by atoms with E-state index in [4.69, 9.17) is 5.11 Å². The van der Waals surface area contributed by atoms with Crippen molar-refractivity contribution in [1.29, 1.82) is 0 Å². The number of hydrogen-bond donors (Lipinski definition) is 4. The zero-order chi connectivity index (χ0) is 14.6. The number of aromatic amines is 1. The van der Waals surface area contributed by atoms with Crippen LogP contribution in [0, 0.1) is 0 Å². The van der Waals surface area contributed by atoms with Gasteiger partial charge in [0.15, 0.2) is 5.82 Å². The molecule has 0 atom stereocenters. The molecule has 0 unspecified atom stereocenters. The van der Waals surface area contributed by atoms with Crippen LogP contribution in [0.3, 0.4) is 0 Å². The van der Waals surface area contributed by atoms with E-state index in [1.165, 1.54) is 0 Å². The number of carboxylic acids is 1. The van der Waals surface area contributed by atoms with Crippen molar-refractivity contribution < 1.29 is 27.9 Å². The van der Waals surface area contributed by atoms with Gasteiger partial charge in [0.25, 0.3) is 0 Å². The van der Waals surface area contributed by atoms with Gasteiger partial charge in [0.1, 0.15) is 5.69 Å². The van der Waals surface area contributed by atoms with Crippen molar-refractivity contribution in [3.8, 4) is 0 Å². The van der Waals surface area contributed by atoms with Gasteiger partial charge in [-0.3, -0.25) is 5.10 Å². The average Bonchev–Trinajstić information content (AvgIpc) is 2.62. The van der Waals surface area contributed by atoms with E-state index in [2.05, 4.69) is 14.9 Å². The van der Waals surface area contributed by atoms with E-state index >= 15 is 0 Å². The quantitative estimate of drug-likeness (QED) is 0.591. The third-order valence-corrected chi connectivity index (χ3v) is 2.52. The summed E-state index contributed by atoms with van der Waals surface area (Å²) >= 11 is 0. The number of hydrogen-bond acceptors (Lipinski definition) is 6. The van der Waals surface area contributed by atoms with Gasteiger partial charge in [-0.1, -0.05) is 0 Å². The molecule has 1 aromatic rings. The van der Waals surface area contributed by atoms with Gasteiger partial charge >= 0.3 is 22.3 Å². The lowest BCUT2D eigenvalue weighted by atomic mass is 10.4. The molecule has 0 spiro atoms. The molecule has 1 rings (SSSR count). The van der Waals surface area contributed by atoms with E-state index < -0.39 is 28.4 Å². The molecule has 11 heteroatoms. The van der Waals surface area contributed by atoms with Crippen LogP contribution in [0.5, 0.6) is 0 Å². The standard InChI is InChI=1S/C8H12N4O6S/c1-4(2)18-8(15)12-19(16,17)11-6-3-5(7(13)14)9-10-6/h3-4H,1-2H3,(H,12,15)(H,13,14)(H2,9,10,11). The van der Waals surface area contributed by atoms with Crippen molar-refractivity contribution in [3.05, 3.63) is 11.8 Å². The Morgan fingerprint density at radius 1 is 1.47 bits per heavy atom. The van der Waals surface area contributed by atoms with E-state index in [0.717, 1.165) is 6.07 Å². The van der Waals surface area contributed by atoms with Gasteiger partial charge in [-0.25, -0.2) is 19.0 Å². The first-order chi connectivity index (χ1) is 8.69. The molecule has 1 aromatic heterocycles. The lowest BCUT2D eigenvalue weighted by Crippen LogP contribution is -2.36. The van der Waals surface area contributed by atoms with Crippen LogP contribution in [0.15, 0.2) is 6.07 Å². The van der Waals surface area contributed by atoms with Gasteiger partial charge in [-0.15, -0.1) is 0 Å². The van der Waals surface area contributed by atoms with E-state index in [1.54, 1.807) is 18.6 Å². The second-order valence-corrected chi connectivity index (χ2v) is 5.05. The molecule has 0 fully saturated rings. The summed E-state index contributed by atoms with van der Waals surface area (Å²) in [6, 6.07) is 0.954. The molecular weight excluding hydrogens is 280 g/mol. The molecule has 0 aliphatic carbocycles. The Labute approximate surface area is 108 Å². The third kappa shape index (κ3) is 4.83. The molecule has 0 aliphatic rings. The maximum absolute atomic E-state index is 11.4. The molecule has 106 valence electrons. The predicted molar refractivity (Wildman–Crippen MR) is 62.8 cm³/mol. The highest BCUT2D eigenvalue weighted by atomic mass is 32.2. The summed E-state index contributed by atoms with van der Waals surface area (Å²) in [5.41, 5.74) is -0.303. The van der Waals surface area contributed by atoms with Gasteiger partial charge in [0, 0.05) is 6.07 Å². The average molecular weight is 292 g/mol. The summed E-state index contributed by atoms with van der Waals surface area (Å²) in [5, 5.41) is 14.1. The topological polar surface area (TPSA) is 150 Å². The van der Waals surface area contributed by atoms with Gasteiger partial charge in [0.05, 0.1) is 6.10 Å². The minimum Gasteiger partial charge on any atom is -0.477 e. The van der Waals surface area contributed by atoms with Crippen molar-refractivity contribution in [1.82, 2.24) is 14.9 Å². The van der Waals surface area contributed by atoms with Crippen LogP contribution in [0.1, 0.15) is 24.3 Å². The van der Waals surface area contributed by atoms with Crippen molar-refractivity contribution in [2.75, 3.05) is 4.72 Å². The van der Waals surface area contributed by atoms with Crippen LogP contribution in [-0.4, -0.2) is 41.9 Å². The number of carbonyl (C=O) groups is 2. The second-order valence-electron chi connectivity index (χ2n) is 3.63. The number of carboxylic acid groups (broad SMARTS) is 1. The number of nitrogens with zero attached hydrogens (tertiary/aromatic N) is 1. The number of aromatic nitrogens is 2. The number of nitrogens with one attached hydrogen (secondary N) is 3. The van der Waals surface area contributed by atoms with Crippen molar-refractivity contribution in [2.45, 2.75) is 20.0 Å².